The molecule has 0 saturated carbocycles. The summed E-state index contributed by atoms with van der Waals surface area (Å²) in [6, 6.07) is 12.4. The molecule has 0 atom stereocenters. The number of nitrogens with one attached hydrogen (secondary N) is 1. The Labute approximate surface area is 181 Å². The van der Waals surface area contributed by atoms with E-state index in [0.717, 1.165) is 11.4 Å². The van der Waals surface area contributed by atoms with Gasteiger partial charge in [0.15, 0.2) is 0 Å². The van der Waals surface area contributed by atoms with Crippen LogP contribution >= 0.6 is 0 Å². The van der Waals surface area contributed by atoms with Crippen molar-refractivity contribution in [3.05, 3.63) is 60.6 Å². The second-order valence-electron chi connectivity index (χ2n) is 7.15. The molecule has 31 heavy (non-hydrogen) atoms. The van der Waals surface area contributed by atoms with E-state index in [2.05, 4.69) is 20.3 Å². The number of pyridine rings is 1. The van der Waals surface area contributed by atoms with Gasteiger partial charge >= 0.3 is 0 Å². The Balaban J connectivity index is 1.45. The van der Waals surface area contributed by atoms with E-state index in [1.165, 1.54) is 17.7 Å². The number of sulfonamides is 1. The molecule has 10 heteroatoms. The lowest BCUT2D eigenvalue weighted by Crippen LogP contribution is -2.49. The molecule has 0 bridgehead atoms. The topological polar surface area (TPSA) is 101 Å². The van der Waals surface area contributed by atoms with E-state index in [1.54, 1.807) is 30.5 Å². The SMILES string of the molecule is COc1ccccc1S(=O)(=O)N1CCN(c2cc(Nc3cc(C)ccn3)ncn2)CC1. The van der Waals surface area contributed by atoms with Crippen molar-refractivity contribution in [2.75, 3.05) is 43.5 Å². The molecule has 3 heterocycles. The highest BCUT2D eigenvalue weighted by molar-refractivity contribution is 7.89. The molecule has 162 valence electrons. The minimum absolute atomic E-state index is 0.185. The van der Waals surface area contributed by atoms with Gasteiger partial charge in [0.2, 0.25) is 10.0 Å². The summed E-state index contributed by atoms with van der Waals surface area (Å²) in [5.41, 5.74) is 1.10. The lowest BCUT2D eigenvalue weighted by atomic mass is 10.3. The van der Waals surface area contributed by atoms with Gasteiger partial charge in [0.25, 0.3) is 0 Å². The zero-order valence-corrected chi connectivity index (χ0v) is 18.2. The maximum Gasteiger partial charge on any atom is 0.246 e. The molecule has 9 nitrogen and oxygen atoms in total. The molecule has 2 aromatic heterocycles. The first-order chi connectivity index (χ1) is 15.0. The summed E-state index contributed by atoms with van der Waals surface area (Å²) in [6.07, 6.45) is 3.23. The van der Waals surface area contributed by atoms with Crippen molar-refractivity contribution in [2.45, 2.75) is 11.8 Å². The molecule has 1 fully saturated rings. The standard InChI is InChI=1S/C21H24N6O3S/c1-16-7-8-22-19(13-16)25-20-14-21(24-15-23-20)26-9-11-27(12-10-26)31(28,29)18-6-4-3-5-17(18)30-2/h3-8,13-15H,9-12H2,1-2H3,(H,22,23,24,25). The number of methoxy groups -OCH3 is 1. The molecule has 1 aliphatic heterocycles. The number of aryl methyl sites for hydroxylation is 1. The first kappa shape index (κ1) is 21.0. The molecule has 3 aromatic rings. The van der Waals surface area contributed by atoms with Gasteiger partial charge in [0.1, 0.15) is 34.4 Å². The monoisotopic (exact) mass is 440 g/mol. The molecule has 0 amide bonds. The number of nitrogens with zero attached hydrogens (tertiary/aromatic N) is 5. The Morgan fingerprint density at radius 3 is 2.45 bits per heavy atom. The van der Waals surface area contributed by atoms with Crippen LogP contribution in [0.3, 0.4) is 0 Å². The first-order valence-electron chi connectivity index (χ1n) is 9.87. The van der Waals surface area contributed by atoms with Gasteiger partial charge in [-0.15, -0.1) is 0 Å². The summed E-state index contributed by atoms with van der Waals surface area (Å²) in [4.78, 5) is 15.1. The fourth-order valence-corrected chi connectivity index (χ4v) is 5.03. The van der Waals surface area contributed by atoms with E-state index in [0.29, 0.717) is 43.6 Å². The predicted octanol–water partition coefficient (Wildman–Crippen LogP) is 2.44. The third kappa shape index (κ3) is 4.59. The van der Waals surface area contributed by atoms with Gasteiger partial charge in [-0.25, -0.2) is 23.4 Å². The van der Waals surface area contributed by atoms with Crippen LogP contribution in [-0.4, -0.2) is 61.0 Å². The van der Waals surface area contributed by atoms with Crippen LogP contribution in [0.2, 0.25) is 0 Å². The van der Waals surface area contributed by atoms with Crippen molar-refractivity contribution in [1.82, 2.24) is 19.3 Å². The Hall–Kier alpha value is -3.24. The number of anilines is 3. The number of hydrogen-bond acceptors (Lipinski definition) is 8. The highest BCUT2D eigenvalue weighted by atomic mass is 32.2. The second kappa shape index (κ2) is 8.86. The molecule has 4 rings (SSSR count). The number of aromatic nitrogens is 3. The second-order valence-corrected chi connectivity index (χ2v) is 9.05. The van der Waals surface area contributed by atoms with Gasteiger partial charge in [-0.3, -0.25) is 0 Å². The van der Waals surface area contributed by atoms with E-state index >= 15 is 0 Å². The molecular weight excluding hydrogens is 416 g/mol. The highest BCUT2D eigenvalue weighted by Gasteiger charge is 2.31. The predicted molar refractivity (Wildman–Crippen MR) is 118 cm³/mol. The van der Waals surface area contributed by atoms with Crippen LogP contribution in [0.15, 0.2) is 59.9 Å². The summed E-state index contributed by atoms with van der Waals surface area (Å²) < 4.78 is 32.9. The third-order valence-electron chi connectivity index (χ3n) is 5.07. The number of benzene rings is 1. The van der Waals surface area contributed by atoms with E-state index in [9.17, 15) is 8.42 Å². The highest BCUT2D eigenvalue weighted by Crippen LogP contribution is 2.27. The fourth-order valence-electron chi connectivity index (χ4n) is 3.45. The van der Waals surface area contributed by atoms with Crippen molar-refractivity contribution in [3.8, 4) is 5.75 Å². The summed E-state index contributed by atoms with van der Waals surface area (Å²) in [6.45, 7) is 3.75. The van der Waals surface area contributed by atoms with E-state index < -0.39 is 10.0 Å². The van der Waals surface area contributed by atoms with E-state index in [4.69, 9.17) is 4.74 Å². The lowest BCUT2D eigenvalue weighted by Gasteiger charge is -2.34. The van der Waals surface area contributed by atoms with Crippen molar-refractivity contribution >= 4 is 27.5 Å². The minimum Gasteiger partial charge on any atom is -0.495 e. The van der Waals surface area contributed by atoms with Crippen molar-refractivity contribution in [3.63, 3.8) is 0 Å². The van der Waals surface area contributed by atoms with Crippen LogP contribution in [0.25, 0.3) is 0 Å². The number of ether oxygens (including phenoxy) is 1. The Morgan fingerprint density at radius 2 is 1.71 bits per heavy atom. The average molecular weight is 441 g/mol. The quantitative estimate of drug-likeness (QED) is 0.624. The first-order valence-corrected chi connectivity index (χ1v) is 11.3. The molecule has 0 aliphatic carbocycles. The Bertz CT molecular complexity index is 1160. The Morgan fingerprint density at radius 1 is 0.968 bits per heavy atom. The van der Waals surface area contributed by atoms with Crippen LogP contribution in [0.4, 0.5) is 17.5 Å². The fraction of sp³-hybridized carbons (Fsp3) is 0.286. The molecule has 1 N–H and O–H groups in total. The van der Waals surface area contributed by atoms with Gasteiger partial charge in [0.05, 0.1) is 7.11 Å². The largest absolute Gasteiger partial charge is 0.495 e. The molecule has 0 spiro atoms. The lowest BCUT2D eigenvalue weighted by molar-refractivity contribution is 0.373. The number of rotatable bonds is 6. The normalized spacial score (nSPS) is 15.0. The molecule has 1 aliphatic rings. The van der Waals surface area contributed by atoms with E-state index in [1.807, 2.05) is 30.0 Å². The van der Waals surface area contributed by atoms with Gasteiger partial charge in [-0.2, -0.15) is 4.31 Å². The van der Waals surface area contributed by atoms with E-state index in [-0.39, 0.29) is 4.90 Å². The third-order valence-corrected chi connectivity index (χ3v) is 7.01. The molecule has 1 saturated heterocycles. The summed E-state index contributed by atoms with van der Waals surface area (Å²) in [7, 11) is -2.16. The van der Waals surface area contributed by atoms with Crippen LogP contribution in [0, 0.1) is 6.92 Å². The molecule has 0 unspecified atom stereocenters. The molecular formula is C21H24N6O3S. The van der Waals surface area contributed by atoms with Gasteiger partial charge in [-0.1, -0.05) is 12.1 Å². The van der Waals surface area contributed by atoms with Crippen LogP contribution in [-0.2, 0) is 10.0 Å². The number of para-hydroxylation sites is 1. The van der Waals surface area contributed by atoms with Crippen LogP contribution < -0.4 is 15.0 Å². The van der Waals surface area contributed by atoms with Crippen molar-refractivity contribution in [2.24, 2.45) is 0 Å². The zero-order chi connectivity index (χ0) is 21.8. The smallest absolute Gasteiger partial charge is 0.246 e. The maximum absolute atomic E-state index is 13.1. The number of hydrogen-bond donors (Lipinski definition) is 1. The number of piperazine rings is 1. The summed E-state index contributed by atoms with van der Waals surface area (Å²) in [5, 5.41) is 3.18. The van der Waals surface area contributed by atoms with Gasteiger partial charge in [-0.05, 0) is 36.8 Å². The minimum atomic E-state index is -3.64. The van der Waals surface area contributed by atoms with Gasteiger partial charge < -0.3 is 15.0 Å². The van der Waals surface area contributed by atoms with Crippen LogP contribution in [0.1, 0.15) is 5.56 Å². The van der Waals surface area contributed by atoms with Gasteiger partial charge in [0, 0.05) is 38.4 Å². The maximum atomic E-state index is 13.1. The molecule has 1 aromatic carbocycles. The van der Waals surface area contributed by atoms with Crippen molar-refractivity contribution in [1.29, 1.82) is 0 Å². The van der Waals surface area contributed by atoms with Crippen LogP contribution in [0.5, 0.6) is 5.75 Å². The Kier molecular flexibility index (Phi) is 6.01. The summed E-state index contributed by atoms with van der Waals surface area (Å²) in [5.74, 6) is 2.42. The summed E-state index contributed by atoms with van der Waals surface area (Å²) >= 11 is 0. The average Bonchev–Trinajstić information content (AvgIpc) is 2.79. The molecule has 0 radical (unpaired) electrons. The van der Waals surface area contributed by atoms with Crippen molar-refractivity contribution < 1.29 is 13.2 Å². The zero-order valence-electron chi connectivity index (χ0n) is 17.4.